The van der Waals surface area contributed by atoms with E-state index in [1.165, 1.54) is 19.5 Å². The van der Waals surface area contributed by atoms with E-state index in [0.29, 0.717) is 6.04 Å². The molecule has 2 rings (SSSR count). The second-order valence-electron chi connectivity index (χ2n) is 5.14. The molecule has 2 fully saturated rings. The minimum absolute atomic E-state index is 0.199. The van der Waals surface area contributed by atoms with E-state index in [4.69, 9.17) is 10.5 Å². The van der Waals surface area contributed by atoms with Gasteiger partial charge in [0, 0.05) is 24.5 Å². The molecule has 0 saturated carbocycles. The fourth-order valence-corrected chi connectivity index (χ4v) is 3.07. The van der Waals surface area contributed by atoms with Gasteiger partial charge in [0.2, 0.25) is 0 Å². The molecule has 3 N–H and O–H groups in total. The van der Waals surface area contributed by atoms with Crippen LogP contribution in [-0.4, -0.2) is 57.9 Å². The van der Waals surface area contributed by atoms with E-state index < -0.39 is 0 Å². The van der Waals surface area contributed by atoms with Crippen molar-refractivity contribution < 1.29 is 4.74 Å². The van der Waals surface area contributed by atoms with Crippen LogP contribution in [0.5, 0.6) is 0 Å². The molecule has 4 heteroatoms. The Kier molecular flexibility index (Phi) is 3.30. The van der Waals surface area contributed by atoms with Crippen LogP contribution in [0.1, 0.15) is 6.42 Å². The molecular weight excluding hydrogens is 190 g/mol. The van der Waals surface area contributed by atoms with Crippen molar-refractivity contribution in [3.8, 4) is 0 Å². The van der Waals surface area contributed by atoms with E-state index in [0.717, 1.165) is 25.7 Å². The lowest BCUT2D eigenvalue weighted by atomic mass is 9.72. The SMILES string of the molecule is CNC(C1CCN(C)C1)C1(CN)COC1. The topological polar surface area (TPSA) is 50.5 Å². The minimum Gasteiger partial charge on any atom is -0.380 e. The Bertz CT molecular complexity index is 212. The summed E-state index contributed by atoms with van der Waals surface area (Å²) in [5, 5.41) is 3.47. The highest BCUT2D eigenvalue weighted by atomic mass is 16.5. The first-order valence-corrected chi connectivity index (χ1v) is 5.85. The number of rotatable bonds is 4. The highest BCUT2D eigenvalue weighted by molar-refractivity contribution is 5.01. The van der Waals surface area contributed by atoms with Crippen molar-refractivity contribution in [1.29, 1.82) is 0 Å². The fourth-order valence-electron chi connectivity index (χ4n) is 3.07. The molecule has 0 aromatic carbocycles. The molecule has 4 nitrogen and oxygen atoms in total. The standard InChI is InChI=1S/C11H23N3O/c1-13-10(9-3-4-14(2)5-9)11(6-12)7-15-8-11/h9-10,13H,3-8,12H2,1-2H3. The lowest BCUT2D eigenvalue weighted by Crippen LogP contribution is -2.62. The summed E-state index contributed by atoms with van der Waals surface area (Å²) in [6, 6.07) is 0.515. The highest BCUT2D eigenvalue weighted by Gasteiger charge is 2.48. The van der Waals surface area contributed by atoms with Gasteiger partial charge >= 0.3 is 0 Å². The van der Waals surface area contributed by atoms with Gasteiger partial charge < -0.3 is 20.7 Å². The average molecular weight is 213 g/mol. The Hall–Kier alpha value is -0.160. The van der Waals surface area contributed by atoms with E-state index >= 15 is 0 Å². The predicted octanol–water partition coefficient (Wildman–Crippen LogP) is -0.499. The van der Waals surface area contributed by atoms with Crippen LogP contribution < -0.4 is 11.1 Å². The normalized spacial score (nSPS) is 32.6. The number of hydrogen-bond donors (Lipinski definition) is 2. The molecular formula is C11H23N3O. The van der Waals surface area contributed by atoms with Crippen molar-refractivity contribution in [3.63, 3.8) is 0 Å². The third kappa shape index (κ3) is 1.91. The summed E-state index contributed by atoms with van der Waals surface area (Å²) in [4.78, 5) is 2.40. The van der Waals surface area contributed by atoms with Crippen molar-refractivity contribution in [2.45, 2.75) is 12.5 Å². The van der Waals surface area contributed by atoms with Crippen molar-refractivity contribution >= 4 is 0 Å². The van der Waals surface area contributed by atoms with Crippen LogP contribution in [0.4, 0.5) is 0 Å². The maximum atomic E-state index is 5.91. The third-order valence-corrected chi connectivity index (χ3v) is 4.06. The summed E-state index contributed by atoms with van der Waals surface area (Å²) in [6.07, 6.45) is 1.28. The van der Waals surface area contributed by atoms with Gasteiger partial charge in [-0.25, -0.2) is 0 Å². The molecule has 0 aromatic rings. The molecule has 2 atom stereocenters. The van der Waals surface area contributed by atoms with Crippen molar-refractivity contribution in [2.24, 2.45) is 17.1 Å². The molecule has 88 valence electrons. The molecule has 0 spiro atoms. The Morgan fingerprint density at radius 1 is 1.60 bits per heavy atom. The zero-order chi connectivity index (χ0) is 10.9. The number of hydrogen-bond acceptors (Lipinski definition) is 4. The van der Waals surface area contributed by atoms with Crippen molar-refractivity contribution in [2.75, 3.05) is 46.9 Å². The molecule has 2 saturated heterocycles. The largest absolute Gasteiger partial charge is 0.380 e. The monoisotopic (exact) mass is 213 g/mol. The molecule has 0 radical (unpaired) electrons. The molecule has 2 aliphatic rings. The van der Waals surface area contributed by atoms with Crippen LogP contribution in [0.2, 0.25) is 0 Å². The molecule has 0 aromatic heterocycles. The molecule has 15 heavy (non-hydrogen) atoms. The van der Waals surface area contributed by atoms with Gasteiger partial charge in [0.15, 0.2) is 0 Å². The van der Waals surface area contributed by atoms with Gasteiger partial charge in [-0.3, -0.25) is 0 Å². The maximum absolute atomic E-state index is 5.91. The van der Waals surface area contributed by atoms with E-state index in [1.54, 1.807) is 0 Å². The van der Waals surface area contributed by atoms with Crippen LogP contribution in [0.3, 0.4) is 0 Å². The molecule has 2 heterocycles. The molecule has 2 unspecified atom stereocenters. The summed E-state index contributed by atoms with van der Waals surface area (Å²) >= 11 is 0. The molecule has 0 bridgehead atoms. The fraction of sp³-hybridized carbons (Fsp3) is 1.00. The van der Waals surface area contributed by atoms with Crippen LogP contribution in [0.25, 0.3) is 0 Å². The van der Waals surface area contributed by atoms with E-state index in [9.17, 15) is 0 Å². The summed E-state index contributed by atoms with van der Waals surface area (Å²) in [7, 11) is 4.25. The number of nitrogens with two attached hydrogens (primary N) is 1. The zero-order valence-corrected chi connectivity index (χ0v) is 9.83. The second kappa shape index (κ2) is 4.37. The van der Waals surface area contributed by atoms with Crippen LogP contribution in [0.15, 0.2) is 0 Å². The lowest BCUT2D eigenvalue weighted by molar-refractivity contribution is -0.134. The van der Waals surface area contributed by atoms with Crippen molar-refractivity contribution in [1.82, 2.24) is 10.2 Å². The van der Waals surface area contributed by atoms with Crippen LogP contribution in [0, 0.1) is 11.3 Å². The van der Waals surface area contributed by atoms with Gasteiger partial charge in [-0.05, 0) is 33.0 Å². The highest BCUT2D eigenvalue weighted by Crippen LogP contribution is 2.36. The quantitative estimate of drug-likeness (QED) is 0.661. The Morgan fingerprint density at radius 3 is 2.67 bits per heavy atom. The smallest absolute Gasteiger partial charge is 0.0572 e. The van der Waals surface area contributed by atoms with Gasteiger partial charge in [0.1, 0.15) is 0 Å². The lowest BCUT2D eigenvalue weighted by Gasteiger charge is -2.48. The molecule has 2 aliphatic heterocycles. The summed E-state index contributed by atoms with van der Waals surface area (Å²) < 4.78 is 5.36. The van der Waals surface area contributed by atoms with E-state index in [2.05, 4.69) is 24.3 Å². The van der Waals surface area contributed by atoms with Gasteiger partial charge in [0.05, 0.1) is 13.2 Å². The summed E-state index contributed by atoms with van der Waals surface area (Å²) in [5.74, 6) is 0.729. The van der Waals surface area contributed by atoms with E-state index in [1.807, 2.05) is 0 Å². The number of likely N-dealkylation sites (tertiary alicyclic amines) is 1. The Morgan fingerprint density at radius 2 is 2.33 bits per heavy atom. The second-order valence-corrected chi connectivity index (χ2v) is 5.14. The van der Waals surface area contributed by atoms with Crippen LogP contribution >= 0.6 is 0 Å². The average Bonchev–Trinajstić information content (AvgIpc) is 2.58. The molecule has 0 amide bonds. The zero-order valence-electron chi connectivity index (χ0n) is 9.83. The van der Waals surface area contributed by atoms with Gasteiger partial charge in [-0.2, -0.15) is 0 Å². The maximum Gasteiger partial charge on any atom is 0.0572 e. The first-order chi connectivity index (χ1) is 7.22. The number of nitrogens with one attached hydrogen (secondary N) is 1. The number of nitrogens with zero attached hydrogens (tertiary/aromatic N) is 1. The summed E-state index contributed by atoms with van der Waals surface area (Å²) in [6.45, 7) is 4.79. The Labute approximate surface area is 92.1 Å². The van der Waals surface area contributed by atoms with E-state index in [-0.39, 0.29) is 5.41 Å². The summed E-state index contributed by atoms with van der Waals surface area (Å²) in [5.41, 5.74) is 6.11. The van der Waals surface area contributed by atoms with Gasteiger partial charge in [-0.1, -0.05) is 0 Å². The van der Waals surface area contributed by atoms with Gasteiger partial charge in [-0.15, -0.1) is 0 Å². The minimum atomic E-state index is 0.199. The Balaban J connectivity index is 2.02. The van der Waals surface area contributed by atoms with Crippen molar-refractivity contribution in [3.05, 3.63) is 0 Å². The first kappa shape index (κ1) is 11.3. The predicted molar refractivity (Wildman–Crippen MR) is 60.8 cm³/mol. The third-order valence-electron chi connectivity index (χ3n) is 4.06. The molecule has 0 aliphatic carbocycles. The first-order valence-electron chi connectivity index (χ1n) is 5.85. The van der Waals surface area contributed by atoms with Crippen LogP contribution in [-0.2, 0) is 4.74 Å². The van der Waals surface area contributed by atoms with Gasteiger partial charge in [0.25, 0.3) is 0 Å². The number of ether oxygens (including phenoxy) is 1.